The zero-order valence-electron chi connectivity index (χ0n) is 11.5. The van der Waals surface area contributed by atoms with E-state index in [4.69, 9.17) is 4.74 Å². The van der Waals surface area contributed by atoms with E-state index >= 15 is 0 Å². The van der Waals surface area contributed by atoms with Crippen molar-refractivity contribution in [2.45, 2.75) is 6.42 Å². The molecule has 21 heavy (non-hydrogen) atoms. The van der Waals surface area contributed by atoms with Crippen LogP contribution in [-0.2, 0) is 6.42 Å². The highest BCUT2D eigenvalue weighted by atomic mass is 16.5. The number of aromatic nitrogens is 2. The molecule has 1 aliphatic heterocycles. The van der Waals surface area contributed by atoms with Gasteiger partial charge in [-0.25, -0.2) is 4.79 Å². The van der Waals surface area contributed by atoms with Crippen molar-refractivity contribution in [2.24, 2.45) is 0 Å². The number of nitrogens with one attached hydrogen (secondary N) is 2. The average Bonchev–Trinajstić information content (AvgIpc) is 2.44. The summed E-state index contributed by atoms with van der Waals surface area (Å²) in [4.78, 5) is 41.1. The maximum absolute atomic E-state index is 12.0. The molecule has 1 aliphatic rings. The van der Waals surface area contributed by atoms with E-state index in [0.717, 1.165) is 5.56 Å². The molecule has 2 heterocycles. The fraction of sp³-hybridized carbons (Fsp3) is 0.214. The number of carbonyl (C=O) groups excluding carboxylic acids is 1. The summed E-state index contributed by atoms with van der Waals surface area (Å²) in [5.41, 5.74) is 0.501. The van der Waals surface area contributed by atoms with Gasteiger partial charge in [0.15, 0.2) is 0 Å². The van der Waals surface area contributed by atoms with E-state index in [0.29, 0.717) is 23.3 Å². The summed E-state index contributed by atoms with van der Waals surface area (Å²) in [7, 11) is 3.34. The van der Waals surface area contributed by atoms with Crippen LogP contribution >= 0.6 is 0 Å². The lowest BCUT2D eigenvalue weighted by Crippen LogP contribution is -2.28. The summed E-state index contributed by atoms with van der Waals surface area (Å²) in [6.07, 6.45) is 0.297. The maximum Gasteiger partial charge on any atom is 0.328 e. The largest absolute Gasteiger partial charge is 0.440 e. The molecule has 0 spiro atoms. The number of benzene rings is 1. The van der Waals surface area contributed by atoms with Gasteiger partial charge in [0.1, 0.15) is 5.75 Å². The van der Waals surface area contributed by atoms with E-state index < -0.39 is 11.2 Å². The van der Waals surface area contributed by atoms with Crippen LogP contribution in [0, 0.1) is 0 Å². The van der Waals surface area contributed by atoms with Crippen LogP contribution < -0.4 is 16.0 Å². The molecule has 0 saturated carbocycles. The van der Waals surface area contributed by atoms with Gasteiger partial charge in [-0.05, 0) is 18.2 Å². The number of amides is 1. The highest BCUT2D eigenvalue weighted by molar-refractivity contribution is 5.94. The molecule has 0 radical (unpaired) electrons. The van der Waals surface area contributed by atoms with Gasteiger partial charge in [-0.1, -0.05) is 0 Å². The minimum absolute atomic E-state index is 0.126. The first-order valence-electron chi connectivity index (χ1n) is 6.33. The lowest BCUT2D eigenvalue weighted by Gasteiger charge is -2.19. The highest BCUT2D eigenvalue weighted by Gasteiger charge is 2.22. The van der Waals surface area contributed by atoms with Crippen molar-refractivity contribution in [2.75, 3.05) is 14.1 Å². The lowest BCUT2D eigenvalue weighted by molar-refractivity contribution is 0.0827. The molecule has 0 bridgehead atoms. The molecule has 0 unspecified atom stereocenters. The van der Waals surface area contributed by atoms with Crippen LogP contribution in [0.2, 0.25) is 0 Å². The van der Waals surface area contributed by atoms with Gasteiger partial charge in [0.05, 0.1) is 5.56 Å². The van der Waals surface area contributed by atoms with E-state index in [2.05, 4.69) is 9.97 Å². The van der Waals surface area contributed by atoms with Gasteiger partial charge in [0, 0.05) is 31.6 Å². The summed E-state index contributed by atoms with van der Waals surface area (Å²) < 4.78 is 5.53. The van der Waals surface area contributed by atoms with Crippen molar-refractivity contribution in [1.29, 1.82) is 0 Å². The fourth-order valence-corrected chi connectivity index (χ4v) is 2.25. The Balaban J connectivity index is 2.06. The molecule has 1 aromatic heterocycles. The minimum Gasteiger partial charge on any atom is -0.440 e. The van der Waals surface area contributed by atoms with E-state index in [1.165, 1.54) is 4.90 Å². The summed E-state index contributed by atoms with van der Waals surface area (Å²) >= 11 is 0. The molecule has 1 amide bonds. The van der Waals surface area contributed by atoms with Gasteiger partial charge in [-0.15, -0.1) is 0 Å². The first-order valence-corrected chi connectivity index (χ1v) is 6.33. The summed E-state index contributed by atoms with van der Waals surface area (Å²) in [6, 6.07) is 5.01. The van der Waals surface area contributed by atoms with Crippen molar-refractivity contribution in [3.05, 3.63) is 55.7 Å². The SMILES string of the molecule is CN(C)C(=O)c1ccc2c(c1)Cc1c([nH]c(=O)[nH]c1=O)O2. The Morgan fingerprint density at radius 2 is 2.00 bits per heavy atom. The molecule has 0 saturated heterocycles. The maximum atomic E-state index is 12.0. The summed E-state index contributed by atoms with van der Waals surface area (Å²) in [6.45, 7) is 0. The number of nitrogens with zero attached hydrogens (tertiary/aromatic N) is 1. The average molecular weight is 287 g/mol. The quantitative estimate of drug-likeness (QED) is 0.679. The number of hydrogen-bond acceptors (Lipinski definition) is 4. The molecule has 2 N–H and O–H groups in total. The van der Waals surface area contributed by atoms with Crippen LogP contribution in [0.3, 0.4) is 0 Å². The van der Waals surface area contributed by atoms with Crippen LogP contribution in [0.15, 0.2) is 27.8 Å². The van der Waals surface area contributed by atoms with Crippen LogP contribution in [0.4, 0.5) is 0 Å². The molecular weight excluding hydrogens is 274 g/mol. The zero-order chi connectivity index (χ0) is 15.1. The van der Waals surface area contributed by atoms with E-state index in [1.54, 1.807) is 32.3 Å². The Morgan fingerprint density at radius 3 is 2.71 bits per heavy atom. The molecule has 0 atom stereocenters. The second-order valence-electron chi connectivity index (χ2n) is 5.02. The van der Waals surface area contributed by atoms with Crippen molar-refractivity contribution in [1.82, 2.24) is 14.9 Å². The standard InChI is InChI=1S/C14H13N3O4/c1-17(2)13(19)7-3-4-10-8(5-7)6-9-11(18)15-14(20)16-12(9)21-10/h3-5H,6H2,1-2H3,(H2,15,16,18,20). The van der Waals surface area contributed by atoms with Gasteiger partial charge in [-0.2, -0.15) is 0 Å². The van der Waals surface area contributed by atoms with Crippen LogP contribution in [0.5, 0.6) is 11.6 Å². The lowest BCUT2D eigenvalue weighted by atomic mass is 10.0. The summed E-state index contributed by atoms with van der Waals surface area (Å²) in [5, 5.41) is 0. The van der Waals surface area contributed by atoms with Gasteiger partial charge in [0.25, 0.3) is 11.5 Å². The van der Waals surface area contributed by atoms with Gasteiger partial charge < -0.3 is 9.64 Å². The fourth-order valence-electron chi connectivity index (χ4n) is 2.25. The molecule has 0 fully saturated rings. The van der Waals surface area contributed by atoms with Crippen LogP contribution in [-0.4, -0.2) is 34.9 Å². The molecule has 0 aliphatic carbocycles. The van der Waals surface area contributed by atoms with E-state index in [9.17, 15) is 14.4 Å². The first-order chi connectivity index (χ1) is 9.95. The van der Waals surface area contributed by atoms with Crippen molar-refractivity contribution >= 4 is 5.91 Å². The highest BCUT2D eigenvalue weighted by Crippen LogP contribution is 2.33. The molecule has 2 aromatic rings. The number of carbonyl (C=O) groups is 1. The number of hydrogen-bond donors (Lipinski definition) is 2. The second-order valence-corrected chi connectivity index (χ2v) is 5.02. The molecular formula is C14H13N3O4. The molecule has 1 aromatic carbocycles. The van der Waals surface area contributed by atoms with Gasteiger partial charge in [-0.3, -0.25) is 19.6 Å². The van der Waals surface area contributed by atoms with Gasteiger partial charge in [0.2, 0.25) is 5.88 Å². The molecule has 3 rings (SSSR count). The van der Waals surface area contributed by atoms with E-state index in [1.807, 2.05) is 0 Å². The monoisotopic (exact) mass is 287 g/mol. The zero-order valence-corrected chi connectivity index (χ0v) is 11.5. The normalized spacial score (nSPS) is 12.1. The third-order valence-electron chi connectivity index (χ3n) is 3.30. The number of aromatic amines is 2. The van der Waals surface area contributed by atoms with Crippen LogP contribution in [0.1, 0.15) is 21.5 Å². The predicted octanol–water partition coefficient (Wildman–Crippen LogP) is 0.461. The molecule has 108 valence electrons. The smallest absolute Gasteiger partial charge is 0.328 e. The Labute approximate surface area is 119 Å². The third kappa shape index (κ3) is 2.22. The van der Waals surface area contributed by atoms with E-state index in [-0.39, 0.29) is 11.8 Å². The Kier molecular flexibility index (Phi) is 2.90. The topological polar surface area (TPSA) is 95.3 Å². The molecule has 7 heteroatoms. The number of ether oxygens (including phenoxy) is 1. The van der Waals surface area contributed by atoms with Crippen LogP contribution in [0.25, 0.3) is 0 Å². The Hall–Kier alpha value is -2.83. The van der Waals surface area contributed by atoms with Crippen molar-refractivity contribution < 1.29 is 9.53 Å². The minimum atomic E-state index is -0.610. The second kappa shape index (κ2) is 4.62. The first kappa shape index (κ1) is 13.2. The Bertz CT molecular complexity index is 848. The van der Waals surface area contributed by atoms with Crippen molar-refractivity contribution in [3.8, 4) is 11.6 Å². The molecule has 7 nitrogen and oxygen atoms in total. The number of fused-ring (bicyclic) bond motifs is 2. The third-order valence-corrected chi connectivity index (χ3v) is 3.30. The van der Waals surface area contributed by atoms with Gasteiger partial charge >= 0.3 is 5.69 Å². The predicted molar refractivity (Wildman–Crippen MR) is 75.0 cm³/mol. The Morgan fingerprint density at radius 1 is 1.24 bits per heavy atom. The number of rotatable bonds is 1. The summed E-state index contributed by atoms with van der Waals surface area (Å²) in [5.74, 6) is 0.556. The van der Waals surface area contributed by atoms with Crippen molar-refractivity contribution in [3.63, 3.8) is 0 Å². The number of H-pyrrole nitrogens is 2.